The fourth-order valence-electron chi connectivity index (χ4n) is 3.35. The molecule has 1 aromatic rings. The number of aliphatic carboxylic acids is 1. The van der Waals surface area contributed by atoms with Crippen LogP contribution in [-0.2, 0) is 9.53 Å². The summed E-state index contributed by atoms with van der Waals surface area (Å²) in [7, 11) is 0. The van der Waals surface area contributed by atoms with Crippen LogP contribution in [0.25, 0.3) is 0 Å². The Morgan fingerprint density at radius 1 is 1.38 bits per heavy atom. The Morgan fingerprint density at radius 2 is 2.00 bits per heavy atom. The maximum Gasteiger partial charge on any atom is 0.305 e. The van der Waals surface area contributed by atoms with Crippen molar-refractivity contribution in [3.05, 3.63) is 17.5 Å². The summed E-state index contributed by atoms with van der Waals surface area (Å²) < 4.78 is 7.21. The first-order valence-electron chi connectivity index (χ1n) is 8.58. The van der Waals surface area contributed by atoms with Crippen molar-refractivity contribution in [1.82, 2.24) is 15.1 Å². The molecule has 2 rings (SSSR count). The standard InChI is InChI=1S/C17H27N3O4/c1-4-13(5-2)20-12(3)14(11-18-20)16(23)19-17(10-15(21)22)6-8-24-9-7-17/h11,13H,4-10H2,1-3H3,(H,19,23)(H,21,22). The number of nitrogens with zero attached hydrogens (tertiary/aromatic N) is 2. The van der Waals surface area contributed by atoms with Crippen LogP contribution in [0.1, 0.15) is 68.0 Å². The molecule has 0 radical (unpaired) electrons. The smallest absolute Gasteiger partial charge is 0.305 e. The second-order valence-corrected chi connectivity index (χ2v) is 6.48. The van der Waals surface area contributed by atoms with Crippen molar-refractivity contribution in [2.24, 2.45) is 0 Å². The minimum Gasteiger partial charge on any atom is -0.481 e. The highest BCUT2D eigenvalue weighted by Gasteiger charge is 2.37. The van der Waals surface area contributed by atoms with Gasteiger partial charge in [-0.1, -0.05) is 13.8 Å². The van der Waals surface area contributed by atoms with Crippen LogP contribution in [0, 0.1) is 6.92 Å². The van der Waals surface area contributed by atoms with Gasteiger partial charge in [0.25, 0.3) is 5.91 Å². The summed E-state index contributed by atoms with van der Waals surface area (Å²) in [5, 5.41) is 16.5. The number of hydrogen-bond donors (Lipinski definition) is 2. The van der Waals surface area contributed by atoms with Gasteiger partial charge in [-0.15, -0.1) is 0 Å². The largest absolute Gasteiger partial charge is 0.481 e. The molecular weight excluding hydrogens is 310 g/mol. The lowest BCUT2D eigenvalue weighted by atomic mass is 9.86. The molecule has 0 saturated carbocycles. The van der Waals surface area contributed by atoms with E-state index in [1.165, 1.54) is 0 Å². The van der Waals surface area contributed by atoms with Crippen molar-refractivity contribution < 1.29 is 19.4 Å². The zero-order valence-corrected chi connectivity index (χ0v) is 14.7. The molecule has 0 atom stereocenters. The predicted octanol–water partition coefficient (Wildman–Crippen LogP) is 2.31. The summed E-state index contributed by atoms with van der Waals surface area (Å²) in [5.41, 5.74) is 0.585. The van der Waals surface area contributed by atoms with Crippen molar-refractivity contribution in [2.45, 2.75) is 64.5 Å². The summed E-state index contributed by atoms with van der Waals surface area (Å²) in [6.07, 6.45) is 4.38. The lowest BCUT2D eigenvalue weighted by molar-refractivity contribution is -0.139. The van der Waals surface area contributed by atoms with E-state index >= 15 is 0 Å². The fraction of sp³-hybridized carbons (Fsp3) is 0.706. The second-order valence-electron chi connectivity index (χ2n) is 6.48. The summed E-state index contributed by atoms with van der Waals surface area (Å²) in [6.45, 7) is 6.99. The van der Waals surface area contributed by atoms with E-state index in [9.17, 15) is 14.7 Å². The lowest BCUT2D eigenvalue weighted by Gasteiger charge is -2.36. The monoisotopic (exact) mass is 337 g/mol. The van der Waals surface area contributed by atoms with Crippen molar-refractivity contribution in [1.29, 1.82) is 0 Å². The van der Waals surface area contributed by atoms with Crippen molar-refractivity contribution in [3.63, 3.8) is 0 Å². The van der Waals surface area contributed by atoms with Crippen LogP contribution in [0.3, 0.4) is 0 Å². The Labute approximate surface area is 142 Å². The number of carboxylic acid groups (broad SMARTS) is 1. The maximum absolute atomic E-state index is 12.7. The Hall–Kier alpha value is -1.89. The molecular formula is C17H27N3O4. The number of amides is 1. The molecule has 0 aliphatic carbocycles. The first kappa shape index (κ1) is 18.4. The molecule has 2 N–H and O–H groups in total. The normalized spacial score (nSPS) is 17.0. The molecule has 1 saturated heterocycles. The molecule has 1 fully saturated rings. The molecule has 0 spiro atoms. The van der Waals surface area contributed by atoms with Gasteiger partial charge >= 0.3 is 5.97 Å². The van der Waals surface area contributed by atoms with Crippen molar-refractivity contribution in [2.75, 3.05) is 13.2 Å². The molecule has 2 heterocycles. The number of nitrogens with one attached hydrogen (secondary N) is 1. The maximum atomic E-state index is 12.7. The van der Waals surface area contributed by atoms with Gasteiger partial charge in [-0.2, -0.15) is 5.10 Å². The van der Waals surface area contributed by atoms with E-state index in [0.717, 1.165) is 18.5 Å². The van der Waals surface area contributed by atoms with E-state index in [4.69, 9.17) is 4.74 Å². The SMILES string of the molecule is CCC(CC)n1ncc(C(=O)NC2(CC(=O)O)CCOCC2)c1C. The van der Waals surface area contributed by atoms with Crippen LogP contribution in [0.5, 0.6) is 0 Å². The average molecular weight is 337 g/mol. The van der Waals surface area contributed by atoms with E-state index < -0.39 is 11.5 Å². The first-order chi connectivity index (χ1) is 11.4. The summed E-state index contributed by atoms with van der Waals surface area (Å²) in [6, 6.07) is 0.266. The molecule has 1 aromatic heterocycles. The molecule has 0 bridgehead atoms. The third kappa shape index (κ3) is 3.95. The number of aromatic nitrogens is 2. The highest BCUT2D eigenvalue weighted by Crippen LogP contribution is 2.26. The third-order valence-electron chi connectivity index (χ3n) is 4.90. The van der Waals surface area contributed by atoms with Gasteiger partial charge in [-0.3, -0.25) is 14.3 Å². The van der Waals surface area contributed by atoms with Gasteiger partial charge < -0.3 is 15.2 Å². The van der Waals surface area contributed by atoms with Crippen molar-refractivity contribution in [3.8, 4) is 0 Å². The van der Waals surface area contributed by atoms with Gasteiger partial charge in [-0.25, -0.2) is 0 Å². The molecule has 7 heteroatoms. The number of rotatable bonds is 7. The summed E-state index contributed by atoms with van der Waals surface area (Å²) >= 11 is 0. The van der Waals surface area contributed by atoms with E-state index in [2.05, 4.69) is 24.3 Å². The minimum atomic E-state index is -0.915. The number of carbonyl (C=O) groups is 2. The van der Waals surface area contributed by atoms with Crippen LogP contribution >= 0.6 is 0 Å². The Kier molecular flexibility index (Phi) is 5.99. The number of carbonyl (C=O) groups excluding carboxylic acids is 1. The Morgan fingerprint density at radius 3 is 2.54 bits per heavy atom. The third-order valence-corrected chi connectivity index (χ3v) is 4.90. The quantitative estimate of drug-likeness (QED) is 0.796. The molecule has 7 nitrogen and oxygen atoms in total. The first-order valence-corrected chi connectivity index (χ1v) is 8.58. The molecule has 0 aromatic carbocycles. The van der Waals surface area contributed by atoms with Gasteiger partial charge in [0.05, 0.1) is 29.8 Å². The van der Waals surface area contributed by atoms with Crippen LogP contribution in [0.15, 0.2) is 6.20 Å². The summed E-state index contributed by atoms with van der Waals surface area (Å²) in [4.78, 5) is 24.0. The fourth-order valence-corrected chi connectivity index (χ4v) is 3.35. The molecule has 1 aliphatic rings. The van der Waals surface area contributed by atoms with Crippen molar-refractivity contribution >= 4 is 11.9 Å². The van der Waals surface area contributed by atoms with E-state index in [-0.39, 0.29) is 18.4 Å². The second kappa shape index (κ2) is 7.79. The van der Waals surface area contributed by atoms with Gasteiger partial charge in [0.1, 0.15) is 0 Å². The zero-order chi connectivity index (χ0) is 17.7. The molecule has 0 unspecified atom stereocenters. The zero-order valence-electron chi connectivity index (χ0n) is 14.7. The number of ether oxygens (including phenoxy) is 1. The van der Waals surface area contributed by atoms with Gasteiger partial charge in [0, 0.05) is 18.9 Å². The van der Waals surface area contributed by atoms with E-state index in [1.54, 1.807) is 6.20 Å². The van der Waals surface area contributed by atoms with Gasteiger partial charge in [0.2, 0.25) is 0 Å². The minimum absolute atomic E-state index is 0.0954. The van der Waals surface area contributed by atoms with Gasteiger partial charge in [-0.05, 0) is 32.6 Å². The highest BCUT2D eigenvalue weighted by molar-refractivity contribution is 5.95. The van der Waals surface area contributed by atoms with Crippen LogP contribution in [0.4, 0.5) is 0 Å². The van der Waals surface area contributed by atoms with E-state index in [1.807, 2.05) is 11.6 Å². The molecule has 1 amide bonds. The van der Waals surface area contributed by atoms with Crippen LogP contribution < -0.4 is 5.32 Å². The molecule has 1 aliphatic heterocycles. The molecule has 134 valence electrons. The van der Waals surface area contributed by atoms with Crippen LogP contribution in [-0.4, -0.2) is 45.5 Å². The Bertz CT molecular complexity index is 587. The Balaban J connectivity index is 2.20. The predicted molar refractivity (Wildman–Crippen MR) is 89.1 cm³/mol. The highest BCUT2D eigenvalue weighted by atomic mass is 16.5. The molecule has 24 heavy (non-hydrogen) atoms. The lowest BCUT2D eigenvalue weighted by Crippen LogP contribution is -2.53. The van der Waals surface area contributed by atoms with E-state index in [0.29, 0.717) is 31.6 Å². The van der Waals surface area contributed by atoms with Gasteiger partial charge in [0.15, 0.2) is 0 Å². The topological polar surface area (TPSA) is 93.5 Å². The number of hydrogen-bond acceptors (Lipinski definition) is 4. The number of carboxylic acids is 1. The summed E-state index contributed by atoms with van der Waals surface area (Å²) in [5.74, 6) is -1.17. The van der Waals surface area contributed by atoms with Crippen LogP contribution in [0.2, 0.25) is 0 Å². The average Bonchev–Trinajstić information content (AvgIpc) is 2.90.